The first kappa shape index (κ1) is 13.5. The fraction of sp³-hybridized carbons (Fsp3) is 0.308. The van der Waals surface area contributed by atoms with Gasteiger partial charge in [0.05, 0.1) is 10.5 Å². The van der Waals surface area contributed by atoms with Crippen LogP contribution in [-0.4, -0.2) is 11.5 Å². The summed E-state index contributed by atoms with van der Waals surface area (Å²) in [5.74, 6) is -0.300. The van der Waals surface area contributed by atoms with Crippen molar-refractivity contribution in [2.45, 2.75) is 19.4 Å². The maximum Gasteiger partial charge on any atom is 0.141 e. The van der Waals surface area contributed by atoms with Crippen LogP contribution in [0.4, 0.5) is 4.39 Å². The van der Waals surface area contributed by atoms with Crippen molar-refractivity contribution in [3.63, 3.8) is 0 Å². The van der Waals surface area contributed by atoms with Gasteiger partial charge in [-0.3, -0.25) is 4.98 Å². The normalized spacial score (nSPS) is 12.6. The van der Waals surface area contributed by atoms with Crippen molar-refractivity contribution in [1.82, 2.24) is 10.3 Å². The molecule has 0 aromatic carbocycles. The molecule has 1 unspecified atom stereocenters. The van der Waals surface area contributed by atoms with Gasteiger partial charge in [-0.05, 0) is 37.1 Å². The molecule has 2 aromatic rings. The van der Waals surface area contributed by atoms with Crippen molar-refractivity contribution in [2.24, 2.45) is 0 Å². The van der Waals surface area contributed by atoms with Crippen LogP contribution in [0.15, 0.2) is 30.6 Å². The third-order valence-corrected chi connectivity index (χ3v) is 3.97. The van der Waals surface area contributed by atoms with Crippen molar-refractivity contribution in [3.05, 3.63) is 51.2 Å². The van der Waals surface area contributed by atoms with Gasteiger partial charge in [-0.1, -0.05) is 11.6 Å². The molecule has 2 rings (SSSR count). The van der Waals surface area contributed by atoms with E-state index in [1.54, 1.807) is 17.5 Å². The summed E-state index contributed by atoms with van der Waals surface area (Å²) in [5.41, 5.74) is 0.860. The zero-order valence-electron chi connectivity index (χ0n) is 9.99. The van der Waals surface area contributed by atoms with E-state index in [-0.39, 0.29) is 11.9 Å². The van der Waals surface area contributed by atoms with Gasteiger partial charge in [-0.15, -0.1) is 11.3 Å². The Bertz CT molecular complexity index is 515. The molecule has 2 aromatic heterocycles. The minimum absolute atomic E-state index is 0.0867. The molecular weight excluding hydrogens is 271 g/mol. The predicted molar refractivity (Wildman–Crippen MR) is 73.6 cm³/mol. The lowest BCUT2D eigenvalue weighted by atomic mass is 10.1. The van der Waals surface area contributed by atoms with Crippen molar-refractivity contribution in [2.75, 3.05) is 6.54 Å². The van der Waals surface area contributed by atoms with Gasteiger partial charge in [0.25, 0.3) is 0 Å². The van der Waals surface area contributed by atoms with E-state index in [0.29, 0.717) is 0 Å². The Morgan fingerprint density at radius 3 is 2.94 bits per heavy atom. The van der Waals surface area contributed by atoms with Crippen LogP contribution >= 0.6 is 22.9 Å². The number of rotatable bonds is 5. The zero-order chi connectivity index (χ0) is 13.0. The fourth-order valence-corrected chi connectivity index (χ4v) is 2.77. The zero-order valence-corrected chi connectivity index (χ0v) is 11.6. The lowest BCUT2D eigenvalue weighted by Crippen LogP contribution is -2.21. The number of hydrogen-bond donors (Lipinski definition) is 1. The number of nitrogens with zero attached hydrogens (tertiary/aromatic N) is 1. The second-order valence-electron chi connectivity index (χ2n) is 4.07. The Hall–Kier alpha value is -0.970. The van der Waals surface area contributed by atoms with Crippen LogP contribution in [0.2, 0.25) is 4.34 Å². The Morgan fingerprint density at radius 2 is 2.28 bits per heavy atom. The molecule has 96 valence electrons. The fourth-order valence-electron chi connectivity index (χ4n) is 1.68. The molecule has 0 amide bonds. The van der Waals surface area contributed by atoms with Gasteiger partial charge in [0.2, 0.25) is 0 Å². The first-order valence-corrected chi connectivity index (χ1v) is 6.92. The van der Waals surface area contributed by atoms with Crippen LogP contribution in [0.1, 0.15) is 23.4 Å². The molecular formula is C13H14ClFN2S. The molecule has 1 N–H and O–H groups in total. The summed E-state index contributed by atoms with van der Waals surface area (Å²) >= 11 is 7.45. The van der Waals surface area contributed by atoms with Crippen LogP contribution in [0, 0.1) is 5.82 Å². The lowest BCUT2D eigenvalue weighted by molar-refractivity contribution is 0.564. The Kier molecular flexibility index (Phi) is 4.69. The standard InChI is InChI=1S/C13H14ClFN2S/c1-9(10-6-11(15)8-16-7-10)17-5-4-12-2-3-13(14)18-12/h2-3,6-9,17H,4-5H2,1H3. The molecule has 0 radical (unpaired) electrons. The van der Waals surface area contributed by atoms with Gasteiger partial charge in [0, 0.05) is 23.7 Å². The second kappa shape index (κ2) is 6.27. The van der Waals surface area contributed by atoms with E-state index in [0.717, 1.165) is 22.9 Å². The minimum atomic E-state index is -0.300. The summed E-state index contributed by atoms with van der Waals surface area (Å²) in [6.07, 6.45) is 3.82. The predicted octanol–water partition coefficient (Wildman–Crippen LogP) is 3.83. The highest BCUT2D eigenvalue weighted by atomic mass is 35.5. The molecule has 2 nitrogen and oxygen atoms in total. The van der Waals surface area contributed by atoms with Crippen molar-refractivity contribution >= 4 is 22.9 Å². The van der Waals surface area contributed by atoms with E-state index in [4.69, 9.17) is 11.6 Å². The number of thiophene rings is 1. The first-order valence-electron chi connectivity index (χ1n) is 5.73. The summed E-state index contributed by atoms with van der Waals surface area (Å²) in [4.78, 5) is 5.09. The van der Waals surface area contributed by atoms with E-state index in [1.807, 2.05) is 19.1 Å². The lowest BCUT2D eigenvalue weighted by Gasteiger charge is -2.13. The molecule has 5 heteroatoms. The van der Waals surface area contributed by atoms with Gasteiger partial charge in [0.15, 0.2) is 0 Å². The first-order chi connectivity index (χ1) is 8.65. The SMILES string of the molecule is CC(NCCc1ccc(Cl)s1)c1cncc(F)c1. The van der Waals surface area contributed by atoms with Crippen LogP contribution in [0.5, 0.6) is 0 Å². The topological polar surface area (TPSA) is 24.9 Å². The number of aromatic nitrogens is 1. The van der Waals surface area contributed by atoms with Gasteiger partial charge in [-0.2, -0.15) is 0 Å². The van der Waals surface area contributed by atoms with E-state index in [9.17, 15) is 4.39 Å². The Labute approximate surface area is 115 Å². The average Bonchev–Trinajstić information content (AvgIpc) is 2.75. The molecule has 18 heavy (non-hydrogen) atoms. The van der Waals surface area contributed by atoms with Gasteiger partial charge < -0.3 is 5.32 Å². The van der Waals surface area contributed by atoms with Crippen LogP contribution in [-0.2, 0) is 6.42 Å². The smallest absolute Gasteiger partial charge is 0.141 e. The van der Waals surface area contributed by atoms with Gasteiger partial charge in [-0.25, -0.2) is 4.39 Å². The van der Waals surface area contributed by atoms with Gasteiger partial charge >= 0.3 is 0 Å². The molecule has 0 spiro atoms. The van der Waals surface area contributed by atoms with E-state index in [1.165, 1.54) is 17.1 Å². The Balaban J connectivity index is 1.83. The molecule has 0 aliphatic carbocycles. The summed E-state index contributed by atoms with van der Waals surface area (Å²) in [7, 11) is 0. The van der Waals surface area contributed by atoms with E-state index in [2.05, 4.69) is 10.3 Å². The summed E-state index contributed by atoms with van der Waals surface area (Å²) in [6.45, 7) is 2.83. The minimum Gasteiger partial charge on any atom is -0.310 e. The molecule has 0 aliphatic heterocycles. The number of nitrogens with one attached hydrogen (secondary N) is 1. The quantitative estimate of drug-likeness (QED) is 0.903. The molecule has 1 atom stereocenters. The molecule has 0 aliphatic rings. The van der Waals surface area contributed by atoms with Crippen LogP contribution in [0.25, 0.3) is 0 Å². The number of hydrogen-bond acceptors (Lipinski definition) is 3. The van der Waals surface area contributed by atoms with Crippen molar-refractivity contribution in [3.8, 4) is 0 Å². The molecule has 2 heterocycles. The third kappa shape index (κ3) is 3.77. The molecule has 0 bridgehead atoms. The van der Waals surface area contributed by atoms with Crippen molar-refractivity contribution < 1.29 is 4.39 Å². The maximum atomic E-state index is 13.0. The number of halogens is 2. The monoisotopic (exact) mass is 284 g/mol. The molecule has 0 fully saturated rings. The third-order valence-electron chi connectivity index (χ3n) is 2.68. The van der Waals surface area contributed by atoms with Crippen molar-refractivity contribution in [1.29, 1.82) is 0 Å². The molecule has 0 saturated carbocycles. The summed E-state index contributed by atoms with van der Waals surface area (Å²) < 4.78 is 13.8. The Morgan fingerprint density at radius 1 is 1.44 bits per heavy atom. The van der Waals surface area contributed by atoms with Gasteiger partial charge in [0.1, 0.15) is 5.82 Å². The van der Waals surface area contributed by atoms with Crippen LogP contribution in [0.3, 0.4) is 0 Å². The highest BCUT2D eigenvalue weighted by Crippen LogP contribution is 2.21. The molecule has 0 saturated heterocycles. The highest BCUT2D eigenvalue weighted by Gasteiger charge is 2.06. The summed E-state index contributed by atoms with van der Waals surface area (Å²) in [6, 6.07) is 5.53. The summed E-state index contributed by atoms with van der Waals surface area (Å²) in [5, 5.41) is 3.34. The highest BCUT2D eigenvalue weighted by molar-refractivity contribution is 7.16. The van der Waals surface area contributed by atoms with E-state index >= 15 is 0 Å². The number of pyridine rings is 1. The largest absolute Gasteiger partial charge is 0.310 e. The van der Waals surface area contributed by atoms with Crippen LogP contribution < -0.4 is 5.32 Å². The second-order valence-corrected chi connectivity index (χ2v) is 5.87. The maximum absolute atomic E-state index is 13.0. The average molecular weight is 285 g/mol. The van der Waals surface area contributed by atoms with E-state index < -0.39 is 0 Å².